The van der Waals surface area contributed by atoms with Crippen molar-refractivity contribution in [3.05, 3.63) is 69.7 Å². The zero-order valence-corrected chi connectivity index (χ0v) is 15.0. The first-order valence-electron chi connectivity index (χ1n) is 7.43. The Kier molecular flexibility index (Phi) is 6.87. The van der Waals surface area contributed by atoms with Crippen LogP contribution in [0.15, 0.2) is 48.5 Å². The summed E-state index contributed by atoms with van der Waals surface area (Å²) in [5.41, 5.74) is -1.04. The highest BCUT2D eigenvalue weighted by molar-refractivity contribution is 6.37. The maximum Gasteiger partial charge on any atom is 0.418 e. The van der Waals surface area contributed by atoms with Crippen LogP contribution in [0.1, 0.15) is 11.1 Å². The third kappa shape index (κ3) is 6.01. The fourth-order valence-corrected chi connectivity index (χ4v) is 2.56. The molecule has 1 amide bonds. The van der Waals surface area contributed by atoms with Crippen LogP contribution in [0, 0.1) is 0 Å². The Bertz CT molecular complexity index is 862. The molecule has 142 valence electrons. The van der Waals surface area contributed by atoms with E-state index in [1.807, 2.05) is 0 Å². The van der Waals surface area contributed by atoms with E-state index >= 15 is 0 Å². The molecule has 0 heterocycles. The zero-order valence-electron chi connectivity index (χ0n) is 13.5. The van der Waals surface area contributed by atoms with Crippen molar-refractivity contribution in [2.45, 2.75) is 6.18 Å². The lowest BCUT2D eigenvalue weighted by Crippen LogP contribution is -2.22. The molecule has 0 saturated heterocycles. The summed E-state index contributed by atoms with van der Waals surface area (Å²) >= 11 is 11.9. The number of ether oxygens (including phenoxy) is 1. The molecule has 1 N–H and O–H groups in total. The Morgan fingerprint density at radius 1 is 1.04 bits per heavy atom. The lowest BCUT2D eigenvalue weighted by molar-refractivity contribution is -0.142. The number of carbonyl (C=O) groups excluding carboxylic acids is 2. The largest absolute Gasteiger partial charge is 0.452 e. The maximum atomic E-state index is 12.9. The van der Waals surface area contributed by atoms with Crippen LogP contribution in [0.25, 0.3) is 6.08 Å². The molecule has 4 nitrogen and oxygen atoms in total. The van der Waals surface area contributed by atoms with Crippen molar-refractivity contribution >= 4 is 46.8 Å². The topological polar surface area (TPSA) is 55.4 Å². The minimum absolute atomic E-state index is 0.313. The fourth-order valence-electron chi connectivity index (χ4n) is 2.03. The normalized spacial score (nSPS) is 11.4. The number of rotatable bonds is 5. The summed E-state index contributed by atoms with van der Waals surface area (Å²) in [5.74, 6) is -1.80. The Morgan fingerprint density at radius 3 is 2.30 bits per heavy atom. The Morgan fingerprint density at radius 2 is 1.67 bits per heavy atom. The average molecular weight is 418 g/mol. The smallest absolute Gasteiger partial charge is 0.418 e. The van der Waals surface area contributed by atoms with Gasteiger partial charge in [0, 0.05) is 21.7 Å². The first kappa shape index (κ1) is 20.8. The number of hydrogen-bond donors (Lipinski definition) is 1. The van der Waals surface area contributed by atoms with E-state index in [1.165, 1.54) is 18.2 Å². The molecule has 0 unspecified atom stereocenters. The van der Waals surface area contributed by atoms with E-state index in [9.17, 15) is 22.8 Å². The molecule has 0 fully saturated rings. The lowest BCUT2D eigenvalue weighted by Gasteiger charge is -2.13. The van der Waals surface area contributed by atoms with Gasteiger partial charge in [0.2, 0.25) is 0 Å². The quantitative estimate of drug-likeness (QED) is 0.536. The molecule has 0 aliphatic carbocycles. The summed E-state index contributed by atoms with van der Waals surface area (Å²) in [7, 11) is 0. The van der Waals surface area contributed by atoms with Gasteiger partial charge in [-0.05, 0) is 30.3 Å². The fraction of sp³-hybridized carbons (Fsp3) is 0.111. The molecule has 27 heavy (non-hydrogen) atoms. The molecule has 0 radical (unpaired) electrons. The first-order valence-corrected chi connectivity index (χ1v) is 8.19. The number of hydrogen-bond acceptors (Lipinski definition) is 3. The van der Waals surface area contributed by atoms with Crippen LogP contribution < -0.4 is 5.32 Å². The van der Waals surface area contributed by atoms with Gasteiger partial charge in [-0.25, -0.2) is 4.79 Å². The number of nitrogens with one attached hydrogen (secondary N) is 1. The molecule has 0 bridgehead atoms. The van der Waals surface area contributed by atoms with Gasteiger partial charge >= 0.3 is 12.1 Å². The molecule has 9 heteroatoms. The van der Waals surface area contributed by atoms with Gasteiger partial charge in [-0.1, -0.05) is 41.4 Å². The van der Waals surface area contributed by atoms with Crippen molar-refractivity contribution < 1.29 is 27.5 Å². The Labute approximate surface area is 162 Å². The molecule has 0 aromatic heterocycles. The van der Waals surface area contributed by atoms with Gasteiger partial charge in [0.25, 0.3) is 5.91 Å². The van der Waals surface area contributed by atoms with Gasteiger partial charge in [0.1, 0.15) is 0 Å². The number of halogens is 5. The molecule has 2 rings (SSSR count). The van der Waals surface area contributed by atoms with Crippen molar-refractivity contribution in [3.63, 3.8) is 0 Å². The van der Waals surface area contributed by atoms with E-state index < -0.39 is 35.9 Å². The monoisotopic (exact) mass is 417 g/mol. The number of benzene rings is 2. The van der Waals surface area contributed by atoms with Crippen LogP contribution in [0.2, 0.25) is 10.0 Å². The van der Waals surface area contributed by atoms with Gasteiger partial charge in [0.15, 0.2) is 6.61 Å². The lowest BCUT2D eigenvalue weighted by atomic mass is 10.1. The molecule has 0 saturated carbocycles. The van der Waals surface area contributed by atoms with Gasteiger partial charge in [-0.3, -0.25) is 4.79 Å². The summed E-state index contributed by atoms with van der Waals surface area (Å²) in [5, 5.41) is 2.69. The summed E-state index contributed by atoms with van der Waals surface area (Å²) in [4.78, 5) is 23.4. The number of carbonyl (C=O) groups is 2. The SMILES string of the molecule is O=C(COC(=O)/C=C/c1c(Cl)cccc1Cl)Nc1ccccc1C(F)(F)F. The summed E-state index contributed by atoms with van der Waals surface area (Å²) in [6, 6.07) is 9.24. The van der Waals surface area contributed by atoms with Crippen LogP contribution in [-0.4, -0.2) is 18.5 Å². The van der Waals surface area contributed by atoms with Crippen molar-refractivity contribution in [2.24, 2.45) is 0 Å². The van der Waals surface area contributed by atoms with E-state index in [4.69, 9.17) is 27.9 Å². The maximum absolute atomic E-state index is 12.9. The first-order chi connectivity index (χ1) is 12.7. The molecular weight excluding hydrogens is 406 g/mol. The second-order valence-electron chi connectivity index (χ2n) is 5.17. The highest BCUT2D eigenvalue weighted by Crippen LogP contribution is 2.34. The summed E-state index contributed by atoms with van der Waals surface area (Å²) in [6.07, 6.45) is -2.31. The number of anilines is 1. The van der Waals surface area contributed by atoms with Crippen molar-refractivity contribution in [1.29, 1.82) is 0 Å². The van der Waals surface area contributed by atoms with Crippen LogP contribution in [0.5, 0.6) is 0 Å². The molecule has 2 aromatic carbocycles. The summed E-state index contributed by atoms with van der Waals surface area (Å²) in [6.45, 7) is -0.758. The van der Waals surface area contributed by atoms with E-state index in [2.05, 4.69) is 5.32 Å². The van der Waals surface area contributed by atoms with Crippen LogP contribution in [-0.2, 0) is 20.5 Å². The minimum Gasteiger partial charge on any atom is -0.452 e. The molecular formula is C18H12Cl2F3NO3. The van der Waals surface area contributed by atoms with E-state index in [1.54, 1.807) is 18.2 Å². The third-order valence-electron chi connectivity index (χ3n) is 3.24. The van der Waals surface area contributed by atoms with Gasteiger partial charge in [-0.15, -0.1) is 0 Å². The highest BCUT2D eigenvalue weighted by atomic mass is 35.5. The van der Waals surface area contributed by atoms with Crippen LogP contribution in [0.4, 0.5) is 18.9 Å². The molecule has 0 spiro atoms. The van der Waals surface area contributed by atoms with Crippen LogP contribution in [0.3, 0.4) is 0 Å². The molecule has 2 aromatic rings. The number of para-hydroxylation sites is 1. The number of amides is 1. The van der Waals surface area contributed by atoms with Crippen LogP contribution >= 0.6 is 23.2 Å². The molecule has 0 atom stereocenters. The van der Waals surface area contributed by atoms with Crippen molar-refractivity contribution in [2.75, 3.05) is 11.9 Å². The Balaban J connectivity index is 1.95. The van der Waals surface area contributed by atoms with Crippen molar-refractivity contribution in [1.82, 2.24) is 0 Å². The van der Waals surface area contributed by atoms with Gasteiger partial charge in [-0.2, -0.15) is 13.2 Å². The highest BCUT2D eigenvalue weighted by Gasteiger charge is 2.33. The summed E-state index contributed by atoms with van der Waals surface area (Å²) < 4.78 is 43.3. The van der Waals surface area contributed by atoms with E-state index in [0.717, 1.165) is 18.2 Å². The minimum atomic E-state index is -4.63. The van der Waals surface area contributed by atoms with E-state index in [0.29, 0.717) is 15.6 Å². The number of alkyl halides is 3. The third-order valence-corrected chi connectivity index (χ3v) is 3.90. The van der Waals surface area contributed by atoms with E-state index in [-0.39, 0.29) is 0 Å². The standard InChI is InChI=1S/C18H12Cl2F3NO3/c19-13-5-3-6-14(20)11(13)8-9-17(26)27-10-16(25)24-15-7-2-1-4-12(15)18(21,22)23/h1-9H,10H2,(H,24,25)/b9-8+. The average Bonchev–Trinajstić information content (AvgIpc) is 2.59. The number of esters is 1. The predicted molar refractivity (Wildman–Crippen MR) is 96.5 cm³/mol. The van der Waals surface area contributed by atoms with Crippen molar-refractivity contribution in [3.8, 4) is 0 Å². The molecule has 0 aliphatic heterocycles. The predicted octanol–water partition coefficient (Wildman–Crippen LogP) is 5.21. The second-order valence-corrected chi connectivity index (χ2v) is 5.98. The Hall–Kier alpha value is -2.51. The van der Waals surface area contributed by atoms with Gasteiger partial charge < -0.3 is 10.1 Å². The zero-order chi connectivity index (χ0) is 20.0. The van der Waals surface area contributed by atoms with Gasteiger partial charge in [0.05, 0.1) is 11.3 Å². The second kappa shape index (κ2) is 8.92. The molecule has 0 aliphatic rings.